The van der Waals surface area contributed by atoms with Gasteiger partial charge in [0.1, 0.15) is 0 Å². The summed E-state index contributed by atoms with van der Waals surface area (Å²) < 4.78 is 1.21. The molecule has 1 aliphatic heterocycles. The average molecular weight is 221 g/mol. The van der Waals surface area contributed by atoms with Crippen molar-refractivity contribution in [3.05, 3.63) is 35.9 Å². The lowest BCUT2D eigenvalue weighted by atomic mass is 9.89. The van der Waals surface area contributed by atoms with E-state index in [1.54, 1.807) is 0 Å². The molecule has 0 saturated carbocycles. The van der Waals surface area contributed by atoms with Gasteiger partial charge in [0.15, 0.2) is 0 Å². The number of likely N-dealkylation sites (tertiary alicyclic amines) is 1. The van der Waals surface area contributed by atoms with Crippen LogP contribution in [0.5, 0.6) is 0 Å². The van der Waals surface area contributed by atoms with E-state index in [1.807, 2.05) is 0 Å². The van der Waals surface area contributed by atoms with E-state index in [-0.39, 0.29) is 5.48 Å². The van der Waals surface area contributed by atoms with Crippen molar-refractivity contribution < 1.29 is 9.96 Å². The van der Waals surface area contributed by atoms with Crippen molar-refractivity contribution in [1.82, 2.24) is 0 Å². The smallest absolute Gasteiger partial charge is 0.0785 e. The number of nitrogens with zero attached hydrogens (tertiary/aromatic N) is 1. The molecule has 2 nitrogen and oxygen atoms in total. The molecule has 90 valence electrons. The Morgan fingerprint density at radius 2 is 1.62 bits per heavy atom. The summed E-state index contributed by atoms with van der Waals surface area (Å²) in [5, 5.41) is 0. The van der Waals surface area contributed by atoms with Gasteiger partial charge in [-0.15, -0.1) is 0 Å². The van der Waals surface area contributed by atoms with E-state index in [2.05, 4.69) is 44.4 Å². The largest absolute Gasteiger partial charge is 0.870 e. The van der Waals surface area contributed by atoms with Crippen molar-refractivity contribution in [2.45, 2.75) is 19.3 Å². The van der Waals surface area contributed by atoms with Crippen molar-refractivity contribution in [2.24, 2.45) is 5.92 Å². The lowest BCUT2D eigenvalue weighted by Gasteiger charge is -2.37. The Morgan fingerprint density at radius 1 is 1.06 bits per heavy atom. The number of hydrogen-bond donors (Lipinski definition) is 0. The summed E-state index contributed by atoms with van der Waals surface area (Å²) in [5.41, 5.74) is 1.51. The Kier molecular flexibility index (Phi) is 4.51. The zero-order valence-electron chi connectivity index (χ0n) is 10.4. The third kappa shape index (κ3) is 3.62. The minimum atomic E-state index is 0. The summed E-state index contributed by atoms with van der Waals surface area (Å²) >= 11 is 0. The topological polar surface area (TPSA) is 30.0 Å². The van der Waals surface area contributed by atoms with Crippen LogP contribution in [0.2, 0.25) is 0 Å². The molecule has 0 atom stereocenters. The molecule has 0 bridgehead atoms. The SMILES string of the molecule is C[N+]1(C)CCC(Cc2ccccc2)CC1.[OH-]. The van der Waals surface area contributed by atoms with Crippen LogP contribution in [-0.4, -0.2) is 37.1 Å². The first-order valence-electron chi connectivity index (χ1n) is 6.02. The predicted octanol–water partition coefficient (Wildman–Crippen LogP) is 2.54. The van der Waals surface area contributed by atoms with Crippen LogP contribution in [0.4, 0.5) is 0 Å². The Balaban J connectivity index is 0.00000128. The first-order valence-corrected chi connectivity index (χ1v) is 6.02. The quantitative estimate of drug-likeness (QED) is 0.706. The van der Waals surface area contributed by atoms with Gasteiger partial charge in [-0.25, -0.2) is 0 Å². The monoisotopic (exact) mass is 221 g/mol. The summed E-state index contributed by atoms with van der Waals surface area (Å²) in [7, 11) is 4.69. The maximum absolute atomic E-state index is 2.35. The molecule has 1 fully saturated rings. The molecule has 0 radical (unpaired) electrons. The third-order valence-corrected chi connectivity index (χ3v) is 3.65. The van der Waals surface area contributed by atoms with Crippen molar-refractivity contribution >= 4 is 0 Å². The van der Waals surface area contributed by atoms with E-state index in [0.29, 0.717) is 0 Å². The summed E-state index contributed by atoms with van der Waals surface area (Å²) in [5.74, 6) is 0.915. The Bertz CT molecular complexity index is 298. The molecular weight excluding hydrogens is 198 g/mol. The van der Waals surface area contributed by atoms with E-state index < -0.39 is 0 Å². The third-order valence-electron chi connectivity index (χ3n) is 3.65. The van der Waals surface area contributed by atoms with Crippen LogP contribution in [0, 0.1) is 5.92 Å². The van der Waals surface area contributed by atoms with E-state index in [9.17, 15) is 0 Å². The summed E-state index contributed by atoms with van der Waals surface area (Å²) in [6.07, 6.45) is 4.06. The van der Waals surface area contributed by atoms with E-state index in [4.69, 9.17) is 0 Å². The standard InChI is InChI=1S/C14H22N.H2O/c1-15(2)10-8-14(9-11-15)12-13-6-4-3-5-7-13;/h3-7,14H,8-12H2,1-2H3;1H2/q+1;/p-1. The molecule has 0 amide bonds. The number of quaternary nitrogens is 1. The van der Waals surface area contributed by atoms with Gasteiger partial charge >= 0.3 is 0 Å². The minimum absolute atomic E-state index is 0. The molecule has 1 aromatic rings. The van der Waals surface area contributed by atoms with Gasteiger partial charge in [-0.1, -0.05) is 30.3 Å². The van der Waals surface area contributed by atoms with Crippen molar-refractivity contribution in [1.29, 1.82) is 0 Å². The Morgan fingerprint density at radius 3 is 2.19 bits per heavy atom. The number of rotatable bonds is 2. The van der Waals surface area contributed by atoms with Crippen molar-refractivity contribution in [2.75, 3.05) is 27.2 Å². The highest BCUT2D eigenvalue weighted by atomic mass is 16.0. The molecule has 1 heterocycles. The summed E-state index contributed by atoms with van der Waals surface area (Å²) in [6, 6.07) is 10.9. The second kappa shape index (κ2) is 5.46. The Labute approximate surface area is 98.8 Å². The number of benzene rings is 1. The highest BCUT2D eigenvalue weighted by Gasteiger charge is 2.25. The fourth-order valence-corrected chi connectivity index (χ4v) is 2.47. The van der Waals surface area contributed by atoms with Crippen LogP contribution in [0.1, 0.15) is 18.4 Å². The van der Waals surface area contributed by atoms with Gasteiger partial charge in [0.2, 0.25) is 0 Å². The van der Waals surface area contributed by atoms with Crippen LogP contribution in [0.25, 0.3) is 0 Å². The minimum Gasteiger partial charge on any atom is -0.870 e. The van der Waals surface area contributed by atoms with Crippen LogP contribution < -0.4 is 0 Å². The zero-order valence-corrected chi connectivity index (χ0v) is 10.4. The maximum atomic E-state index is 2.35. The predicted molar refractivity (Wildman–Crippen MR) is 66.6 cm³/mol. The van der Waals surface area contributed by atoms with Crippen LogP contribution in [-0.2, 0) is 6.42 Å². The average Bonchev–Trinajstić information content (AvgIpc) is 2.23. The molecular formula is C14H23NO. The molecule has 0 aliphatic carbocycles. The lowest BCUT2D eigenvalue weighted by molar-refractivity contribution is -0.896. The maximum Gasteiger partial charge on any atom is 0.0785 e. The van der Waals surface area contributed by atoms with Gasteiger partial charge in [-0.2, -0.15) is 0 Å². The van der Waals surface area contributed by atoms with Gasteiger partial charge in [0, 0.05) is 0 Å². The van der Waals surface area contributed by atoms with Crippen LogP contribution in [0.15, 0.2) is 30.3 Å². The molecule has 16 heavy (non-hydrogen) atoms. The summed E-state index contributed by atoms with van der Waals surface area (Å²) in [4.78, 5) is 0. The fraction of sp³-hybridized carbons (Fsp3) is 0.571. The zero-order chi connectivity index (χ0) is 10.7. The van der Waals surface area contributed by atoms with E-state index >= 15 is 0 Å². The van der Waals surface area contributed by atoms with Gasteiger partial charge < -0.3 is 9.96 Å². The normalized spacial score (nSPS) is 20.1. The highest BCUT2D eigenvalue weighted by Crippen LogP contribution is 2.23. The summed E-state index contributed by atoms with van der Waals surface area (Å²) in [6.45, 7) is 2.69. The molecule has 0 spiro atoms. The van der Waals surface area contributed by atoms with Gasteiger partial charge in [0.25, 0.3) is 0 Å². The number of hydrogen-bond acceptors (Lipinski definition) is 1. The molecule has 0 aromatic heterocycles. The van der Waals surface area contributed by atoms with Crippen LogP contribution >= 0.6 is 0 Å². The molecule has 2 heteroatoms. The van der Waals surface area contributed by atoms with E-state index in [0.717, 1.165) is 5.92 Å². The first kappa shape index (κ1) is 13.2. The number of piperidine rings is 1. The Hall–Kier alpha value is -0.860. The highest BCUT2D eigenvalue weighted by molar-refractivity contribution is 5.15. The fourth-order valence-electron chi connectivity index (χ4n) is 2.47. The molecule has 1 aromatic carbocycles. The molecule has 1 saturated heterocycles. The van der Waals surface area contributed by atoms with Crippen molar-refractivity contribution in [3.63, 3.8) is 0 Å². The van der Waals surface area contributed by atoms with Gasteiger partial charge in [-0.3, -0.25) is 0 Å². The van der Waals surface area contributed by atoms with Gasteiger partial charge in [-0.05, 0) is 30.7 Å². The first-order chi connectivity index (χ1) is 7.16. The second-order valence-corrected chi connectivity index (χ2v) is 5.52. The van der Waals surface area contributed by atoms with Crippen molar-refractivity contribution in [3.8, 4) is 0 Å². The van der Waals surface area contributed by atoms with Gasteiger partial charge in [0.05, 0.1) is 27.2 Å². The molecule has 2 rings (SSSR count). The molecule has 1 aliphatic rings. The molecule has 1 N–H and O–H groups in total. The van der Waals surface area contributed by atoms with E-state index in [1.165, 1.54) is 42.4 Å². The molecule has 0 unspecified atom stereocenters. The lowest BCUT2D eigenvalue weighted by Crippen LogP contribution is -2.46. The second-order valence-electron chi connectivity index (χ2n) is 5.52. The van der Waals surface area contributed by atoms with Crippen LogP contribution in [0.3, 0.4) is 0 Å².